The van der Waals surface area contributed by atoms with Crippen LogP contribution in [0.5, 0.6) is 0 Å². The molecule has 6 nitrogen and oxygen atoms in total. The molecule has 0 unspecified atom stereocenters. The fourth-order valence-corrected chi connectivity index (χ4v) is 1.48. The van der Waals surface area contributed by atoms with E-state index in [0.29, 0.717) is 29.1 Å². The number of amides is 1. The molecule has 0 radical (unpaired) electrons. The highest BCUT2D eigenvalue weighted by atomic mass is 79.9. The fourth-order valence-electron chi connectivity index (χ4n) is 1.14. The number of hydrogen-bond acceptors (Lipinski definition) is 5. The summed E-state index contributed by atoms with van der Waals surface area (Å²) in [6, 6.07) is 0. The molecule has 16 heavy (non-hydrogen) atoms. The van der Waals surface area contributed by atoms with Gasteiger partial charge in [-0.05, 0) is 28.8 Å². The van der Waals surface area contributed by atoms with Crippen molar-refractivity contribution < 1.29 is 4.79 Å². The van der Waals surface area contributed by atoms with Crippen LogP contribution in [-0.4, -0.2) is 22.4 Å². The van der Waals surface area contributed by atoms with Crippen LogP contribution in [0, 0.1) is 0 Å². The summed E-state index contributed by atoms with van der Waals surface area (Å²) in [5.41, 5.74) is 10.6. The zero-order valence-electron chi connectivity index (χ0n) is 8.74. The Bertz CT molecular complexity index is 371. The fraction of sp³-hybridized carbons (Fsp3) is 0.444. The van der Waals surface area contributed by atoms with Gasteiger partial charge in [0.15, 0.2) is 0 Å². The molecule has 0 aliphatic rings. The Labute approximate surface area is 102 Å². The Morgan fingerprint density at radius 3 is 2.88 bits per heavy atom. The summed E-state index contributed by atoms with van der Waals surface area (Å²) < 4.78 is 0.657. The van der Waals surface area contributed by atoms with Gasteiger partial charge in [0.05, 0.1) is 0 Å². The Balaban J connectivity index is 2.32. The summed E-state index contributed by atoms with van der Waals surface area (Å²) in [5, 5.41) is 3.10. The van der Waals surface area contributed by atoms with Gasteiger partial charge in [0, 0.05) is 13.0 Å². The van der Waals surface area contributed by atoms with Crippen molar-refractivity contribution in [3.63, 3.8) is 0 Å². The number of primary amides is 1. The maximum Gasteiger partial charge on any atom is 0.217 e. The van der Waals surface area contributed by atoms with Crippen molar-refractivity contribution in [3.05, 3.63) is 10.8 Å². The van der Waals surface area contributed by atoms with E-state index >= 15 is 0 Å². The van der Waals surface area contributed by atoms with Crippen molar-refractivity contribution in [2.75, 3.05) is 17.6 Å². The summed E-state index contributed by atoms with van der Waals surface area (Å²) in [7, 11) is 0. The molecule has 0 aromatic carbocycles. The normalized spacial score (nSPS) is 10.1. The molecule has 88 valence electrons. The molecule has 1 heterocycles. The molecule has 0 saturated carbocycles. The van der Waals surface area contributed by atoms with Gasteiger partial charge in [-0.15, -0.1) is 0 Å². The average molecular weight is 288 g/mol. The largest absolute Gasteiger partial charge is 0.383 e. The Morgan fingerprint density at radius 1 is 1.44 bits per heavy atom. The van der Waals surface area contributed by atoms with E-state index in [1.54, 1.807) is 0 Å². The monoisotopic (exact) mass is 287 g/mol. The van der Waals surface area contributed by atoms with Gasteiger partial charge in [-0.2, -0.15) is 0 Å². The highest BCUT2D eigenvalue weighted by molar-refractivity contribution is 9.10. The third kappa shape index (κ3) is 4.01. The number of carbonyl (C=O) groups is 1. The zero-order valence-corrected chi connectivity index (χ0v) is 10.3. The molecule has 1 rings (SSSR count). The van der Waals surface area contributed by atoms with E-state index in [9.17, 15) is 4.79 Å². The van der Waals surface area contributed by atoms with Gasteiger partial charge in [-0.3, -0.25) is 4.79 Å². The number of halogens is 1. The SMILES string of the molecule is NC(=O)CCCCNc1ncnc(N)c1Br. The van der Waals surface area contributed by atoms with Crippen LogP contribution < -0.4 is 16.8 Å². The topological polar surface area (TPSA) is 107 Å². The van der Waals surface area contributed by atoms with E-state index in [0.717, 1.165) is 12.8 Å². The van der Waals surface area contributed by atoms with Gasteiger partial charge < -0.3 is 16.8 Å². The van der Waals surface area contributed by atoms with Crippen molar-refractivity contribution in [1.29, 1.82) is 0 Å². The van der Waals surface area contributed by atoms with Crippen LogP contribution in [0.4, 0.5) is 11.6 Å². The van der Waals surface area contributed by atoms with Crippen LogP contribution in [0.25, 0.3) is 0 Å². The minimum Gasteiger partial charge on any atom is -0.383 e. The van der Waals surface area contributed by atoms with Crippen molar-refractivity contribution in [2.45, 2.75) is 19.3 Å². The van der Waals surface area contributed by atoms with Crippen LogP contribution in [-0.2, 0) is 4.79 Å². The van der Waals surface area contributed by atoms with Gasteiger partial charge in [0.25, 0.3) is 0 Å². The number of carbonyl (C=O) groups excluding carboxylic acids is 1. The summed E-state index contributed by atoms with van der Waals surface area (Å²) in [6.07, 6.45) is 3.42. The lowest BCUT2D eigenvalue weighted by atomic mass is 10.2. The first-order valence-corrected chi connectivity index (χ1v) is 5.68. The molecule has 0 bridgehead atoms. The summed E-state index contributed by atoms with van der Waals surface area (Å²) in [5.74, 6) is 0.786. The van der Waals surface area contributed by atoms with Crippen LogP contribution >= 0.6 is 15.9 Å². The number of rotatable bonds is 6. The van der Waals surface area contributed by atoms with Crippen LogP contribution in [0.1, 0.15) is 19.3 Å². The lowest BCUT2D eigenvalue weighted by Gasteiger charge is -2.07. The average Bonchev–Trinajstić information content (AvgIpc) is 2.23. The van der Waals surface area contributed by atoms with Crippen molar-refractivity contribution in [2.24, 2.45) is 5.73 Å². The molecule has 7 heteroatoms. The van der Waals surface area contributed by atoms with E-state index in [2.05, 4.69) is 31.2 Å². The summed E-state index contributed by atoms with van der Waals surface area (Å²) in [4.78, 5) is 18.3. The van der Waals surface area contributed by atoms with Gasteiger partial charge in [0.1, 0.15) is 22.4 Å². The molecule has 0 saturated heterocycles. The van der Waals surface area contributed by atoms with E-state index in [1.807, 2.05) is 0 Å². The minimum absolute atomic E-state index is 0.271. The second-order valence-corrected chi connectivity index (χ2v) is 4.06. The molecule has 0 atom stereocenters. The number of hydrogen-bond donors (Lipinski definition) is 3. The van der Waals surface area contributed by atoms with Crippen molar-refractivity contribution >= 4 is 33.5 Å². The minimum atomic E-state index is -0.271. The third-order valence-electron chi connectivity index (χ3n) is 1.96. The Kier molecular flexibility index (Phi) is 4.97. The third-order valence-corrected chi connectivity index (χ3v) is 2.74. The molecule has 0 aliphatic heterocycles. The second kappa shape index (κ2) is 6.26. The number of aromatic nitrogens is 2. The number of nitrogens with zero attached hydrogens (tertiary/aromatic N) is 2. The Morgan fingerprint density at radius 2 is 2.19 bits per heavy atom. The molecule has 0 fully saturated rings. The molecular weight excluding hydrogens is 274 g/mol. The van der Waals surface area contributed by atoms with Crippen LogP contribution in [0.15, 0.2) is 10.8 Å². The maximum absolute atomic E-state index is 10.5. The Hall–Kier alpha value is -1.37. The van der Waals surface area contributed by atoms with Crippen molar-refractivity contribution in [3.8, 4) is 0 Å². The predicted molar refractivity (Wildman–Crippen MR) is 65.7 cm³/mol. The highest BCUT2D eigenvalue weighted by Gasteiger charge is 2.04. The first-order chi connectivity index (χ1) is 7.61. The van der Waals surface area contributed by atoms with Crippen LogP contribution in [0.3, 0.4) is 0 Å². The lowest BCUT2D eigenvalue weighted by molar-refractivity contribution is -0.118. The van der Waals surface area contributed by atoms with Gasteiger partial charge in [-0.1, -0.05) is 0 Å². The van der Waals surface area contributed by atoms with Gasteiger partial charge in [-0.25, -0.2) is 9.97 Å². The summed E-state index contributed by atoms with van der Waals surface area (Å²) >= 11 is 3.29. The number of unbranched alkanes of at least 4 members (excludes halogenated alkanes) is 1. The number of nitrogen functional groups attached to an aromatic ring is 1. The first kappa shape index (κ1) is 12.7. The smallest absolute Gasteiger partial charge is 0.217 e. The number of nitrogens with one attached hydrogen (secondary N) is 1. The molecule has 5 N–H and O–H groups in total. The highest BCUT2D eigenvalue weighted by Crippen LogP contribution is 2.23. The first-order valence-electron chi connectivity index (χ1n) is 4.89. The summed E-state index contributed by atoms with van der Waals surface area (Å²) in [6.45, 7) is 0.711. The van der Waals surface area contributed by atoms with Gasteiger partial charge >= 0.3 is 0 Å². The molecule has 0 spiro atoms. The zero-order chi connectivity index (χ0) is 12.0. The molecule has 0 aliphatic carbocycles. The molecule has 1 amide bonds. The standard InChI is InChI=1S/C9H14BrN5O/c10-7-8(12)14-5-15-9(7)13-4-2-1-3-6(11)16/h5H,1-4H2,(H2,11,16)(H3,12,13,14,15). The molecule has 1 aromatic heterocycles. The van der Waals surface area contributed by atoms with Crippen molar-refractivity contribution in [1.82, 2.24) is 9.97 Å². The van der Waals surface area contributed by atoms with Crippen LogP contribution in [0.2, 0.25) is 0 Å². The van der Waals surface area contributed by atoms with Gasteiger partial charge in [0.2, 0.25) is 5.91 Å². The predicted octanol–water partition coefficient (Wildman–Crippen LogP) is 0.889. The number of anilines is 2. The second-order valence-electron chi connectivity index (χ2n) is 3.27. The van der Waals surface area contributed by atoms with E-state index in [4.69, 9.17) is 11.5 Å². The van der Waals surface area contributed by atoms with E-state index < -0.39 is 0 Å². The molecule has 1 aromatic rings. The number of nitrogens with two attached hydrogens (primary N) is 2. The van der Waals surface area contributed by atoms with E-state index in [-0.39, 0.29) is 5.91 Å². The quantitative estimate of drug-likeness (QED) is 0.674. The van der Waals surface area contributed by atoms with E-state index in [1.165, 1.54) is 6.33 Å². The lowest BCUT2D eigenvalue weighted by Crippen LogP contribution is -2.11. The molecular formula is C9H14BrN5O. The maximum atomic E-state index is 10.5.